The Kier molecular flexibility index (Phi) is 2.38. The predicted octanol–water partition coefficient (Wildman–Crippen LogP) is 2.72. The normalized spacial score (nSPS) is 50.2. The summed E-state index contributed by atoms with van der Waals surface area (Å²) in [6, 6.07) is 0. The molecular formula is C14H25NO. The first-order valence-corrected chi connectivity index (χ1v) is 6.92. The van der Waals surface area contributed by atoms with E-state index in [9.17, 15) is 0 Å². The van der Waals surface area contributed by atoms with Crippen LogP contribution in [-0.4, -0.2) is 24.3 Å². The van der Waals surface area contributed by atoms with Gasteiger partial charge in [-0.2, -0.15) is 0 Å². The minimum Gasteiger partial charge on any atom is -0.372 e. The smallest absolute Gasteiger partial charge is 0.0708 e. The van der Waals surface area contributed by atoms with Crippen LogP contribution in [0.25, 0.3) is 0 Å². The van der Waals surface area contributed by atoms with Crippen LogP contribution in [0.5, 0.6) is 0 Å². The maximum absolute atomic E-state index is 6.34. The van der Waals surface area contributed by atoms with Crippen LogP contribution < -0.4 is 5.32 Å². The molecule has 0 aromatic carbocycles. The molecule has 1 N–H and O–H groups in total. The van der Waals surface area contributed by atoms with Crippen LogP contribution in [0.2, 0.25) is 0 Å². The third-order valence-electron chi connectivity index (χ3n) is 5.02. The van der Waals surface area contributed by atoms with E-state index in [1.54, 1.807) is 0 Å². The van der Waals surface area contributed by atoms with Crippen LogP contribution in [0.15, 0.2) is 0 Å². The molecule has 4 bridgehead atoms. The van der Waals surface area contributed by atoms with Gasteiger partial charge in [0.15, 0.2) is 0 Å². The molecule has 4 saturated carbocycles. The Morgan fingerprint density at radius 1 is 1.12 bits per heavy atom. The van der Waals surface area contributed by atoms with E-state index in [-0.39, 0.29) is 5.60 Å². The molecule has 4 aliphatic rings. The summed E-state index contributed by atoms with van der Waals surface area (Å²) >= 11 is 0. The molecule has 4 aliphatic carbocycles. The third-order valence-corrected chi connectivity index (χ3v) is 5.02. The van der Waals surface area contributed by atoms with Gasteiger partial charge in [-0.1, -0.05) is 0 Å². The summed E-state index contributed by atoms with van der Waals surface area (Å²) in [5.41, 5.74) is 0.639. The first-order valence-electron chi connectivity index (χ1n) is 6.92. The molecule has 0 aliphatic heterocycles. The second-order valence-electron chi connectivity index (χ2n) is 6.84. The first kappa shape index (κ1) is 11.0. The van der Waals surface area contributed by atoms with Crippen LogP contribution in [0.1, 0.15) is 52.4 Å². The van der Waals surface area contributed by atoms with Crippen molar-refractivity contribution in [2.24, 2.45) is 11.8 Å². The second-order valence-corrected chi connectivity index (χ2v) is 6.84. The van der Waals surface area contributed by atoms with E-state index in [1.165, 1.54) is 38.5 Å². The van der Waals surface area contributed by atoms with Crippen molar-refractivity contribution < 1.29 is 4.74 Å². The van der Waals surface area contributed by atoms with Crippen molar-refractivity contribution in [3.05, 3.63) is 0 Å². The molecule has 16 heavy (non-hydrogen) atoms. The van der Waals surface area contributed by atoms with E-state index in [4.69, 9.17) is 4.74 Å². The van der Waals surface area contributed by atoms with Gasteiger partial charge in [0.05, 0.1) is 11.7 Å². The monoisotopic (exact) mass is 223 g/mol. The van der Waals surface area contributed by atoms with E-state index >= 15 is 0 Å². The Bertz CT molecular complexity index is 267. The average molecular weight is 223 g/mol. The van der Waals surface area contributed by atoms with Crippen molar-refractivity contribution in [3.8, 4) is 0 Å². The lowest BCUT2D eigenvalue weighted by atomic mass is 9.51. The summed E-state index contributed by atoms with van der Waals surface area (Å²) in [6.45, 7) is 4.37. The Labute approximate surface area is 99.1 Å². The van der Waals surface area contributed by atoms with Gasteiger partial charge in [-0.05, 0) is 71.3 Å². The maximum atomic E-state index is 6.34. The lowest BCUT2D eigenvalue weighted by Gasteiger charge is -2.62. The molecular weight excluding hydrogens is 198 g/mol. The standard InChI is InChI=1S/C14H25NO/c1-10(2)16-14-7-11-4-12(8-14)6-13(5-11,9-14)15-3/h10-12,15H,4-9H2,1-3H3. The summed E-state index contributed by atoms with van der Waals surface area (Å²) in [6.07, 6.45) is 8.53. The Hall–Kier alpha value is -0.0800. The van der Waals surface area contributed by atoms with Gasteiger partial charge in [0.25, 0.3) is 0 Å². The van der Waals surface area contributed by atoms with E-state index in [1.807, 2.05) is 0 Å². The van der Waals surface area contributed by atoms with Gasteiger partial charge >= 0.3 is 0 Å². The quantitative estimate of drug-likeness (QED) is 0.794. The van der Waals surface area contributed by atoms with Gasteiger partial charge in [0.1, 0.15) is 0 Å². The number of hydrogen-bond donors (Lipinski definition) is 1. The van der Waals surface area contributed by atoms with Crippen molar-refractivity contribution in [2.75, 3.05) is 7.05 Å². The lowest BCUT2D eigenvalue weighted by Crippen LogP contribution is -2.64. The van der Waals surface area contributed by atoms with E-state index in [2.05, 4.69) is 26.2 Å². The minimum atomic E-state index is 0.223. The van der Waals surface area contributed by atoms with Crippen LogP contribution in [0, 0.1) is 11.8 Å². The highest BCUT2D eigenvalue weighted by atomic mass is 16.5. The number of ether oxygens (including phenoxy) is 1. The van der Waals surface area contributed by atoms with Gasteiger partial charge in [-0.3, -0.25) is 0 Å². The fourth-order valence-corrected chi connectivity index (χ4v) is 5.11. The predicted molar refractivity (Wildman–Crippen MR) is 65.4 cm³/mol. The fourth-order valence-electron chi connectivity index (χ4n) is 5.11. The minimum absolute atomic E-state index is 0.223. The van der Waals surface area contributed by atoms with Gasteiger partial charge < -0.3 is 10.1 Å². The second kappa shape index (κ2) is 3.46. The molecule has 2 unspecified atom stereocenters. The summed E-state index contributed by atoms with van der Waals surface area (Å²) in [5.74, 6) is 1.85. The van der Waals surface area contributed by atoms with Crippen LogP contribution in [-0.2, 0) is 4.74 Å². The first-order chi connectivity index (χ1) is 7.55. The Balaban J connectivity index is 1.86. The van der Waals surface area contributed by atoms with E-state index in [0.717, 1.165) is 11.8 Å². The molecule has 0 saturated heterocycles. The molecule has 0 radical (unpaired) electrons. The summed E-state index contributed by atoms with van der Waals surface area (Å²) in [5, 5.41) is 3.63. The zero-order valence-electron chi connectivity index (χ0n) is 10.9. The van der Waals surface area contributed by atoms with Crippen molar-refractivity contribution in [2.45, 2.75) is 69.6 Å². The maximum Gasteiger partial charge on any atom is 0.0708 e. The molecule has 0 aromatic rings. The number of nitrogens with one attached hydrogen (secondary N) is 1. The van der Waals surface area contributed by atoms with Gasteiger partial charge in [0, 0.05) is 5.54 Å². The molecule has 0 heterocycles. The SMILES string of the molecule is CNC12CC3CC(C1)CC(OC(C)C)(C3)C2. The molecule has 4 rings (SSSR count). The van der Waals surface area contributed by atoms with Crippen LogP contribution in [0.3, 0.4) is 0 Å². The van der Waals surface area contributed by atoms with E-state index < -0.39 is 0 Å². The van der Waals surface area contributed by atoms with Crippen molar-refractivity contribution >= 4 is 0 Å². The molecule has 0 spiro atoms. The van der Waals surface area contributed by atoms with Crippen LogP contribution >= 0.6 is 0 Å². The zero-order valence-corrected chi connectivity index (χ0v) is 10.9. The average Bonchev–Trinajstić information content (AvgIpc) is 2.13. The molecule has 92 valence electrons. The highest BCUT2D eigenvalue weighted by molar-refractivity contribution is 5.13. The highest BCUT2D eigenvalue weighted by Crippen LogP contribution is 2.58. The fraction of sp³-hybridized carbons (Fsp3) is 1.00. The van der Waals surface area contributed by atoms with Gasteiger partial charge in [0.2, 0.25) is 0 Å². The zero-order chi connectivity index (χ0) is 11.4. The van der Waals surface area contributed by atoms with Gasteiger partial charge in [-0.25, -0.2) is 0 Å². The van der Waals surface area contributed by atoms with Crippen molar-refractivity contribution in [1.82, 2.24) is 5.32 Å². The summed E-state index contributed by atoms with van der Waals surface area (Å²) in [7, 11) is 2.15. The molecule has 2 heteroatoms. The Morgan fingerprint density at radius 3 is 2.25 bits per heavy atom. The largest absolute Gasteiger partial charge is 0.372 e. The molecule has 4 fully saturated rings. The molecule has 2 atom stereocenters. The topological polar surface area (TPSA) is 21.3 Å². The highest BCUT2D eigenvalue weighted by Gasteiger charge is 2.58. The number of rotatable bonds is 3. The summed E-state index contributed by atoms with van der Waals surface area (Å²) < 4.78 is 6.34. The van der Waals surface area contributed by atoms with Crippen molar-refractivity contribution in [1.29, 1.82) is 0 Å². The number of hydrogen-bond acceptors (Lipinski definition) is 2. The lowest BCUT2D eigenvalue weighted by molar-refractivity contribution is -0.191. The van der Waals surface area contributed by atoms with Gasteiger partial charge in [-0.15, -0.1) is 0 Å². The van der Waals surface area contributed by atoms with Crippen LogP contribution in [0.4, 0.5) is 0 Å². The van der Waals surface area contributed by atoms with Crippen molar-refractivity contribution in [3.63, 3.8) is 0 Å². The molecule has 0 aromatic heterocycles. The molecule has 0 amide bonds. The van der Waals surface area contributed by atoms with E-state index in [0.29, 0.717) is 11.6 Å². The molecule has 2 nitrogen and oxygen atoms in total. The third kappa shape index (κ3) is 1.62. The Morgan fingerprint density at radius 2 is 1.75 bits per heavy atom. The summed E-state index contributed by atoms with van der Waals surface area (Å²) in [4.78, 5) is 0.